The molecule has 0 unspecified atom stereocenters. The second-order valence-electron chi connectivity index (χ2n) is 5.01. The molecule has 2 aromatic heterocycles. The van der Waals surface area contributed by atoms with Crippen LogP contribution in [0.2, 0.25) is 0 Å². The fourth-order valence-corrected chi connectivity index (χ4v) is 2.38. The van der Waals surface area contributed by atoms with Crippen LogP contribution in [0, 0.1) is 6.92 Å². The van der Waals surface area contributed by atoms with Gasteiger partial charge in [0.15, 0.2) is 0 Å². The van der Waals surface area contributed by atoms with Gasteiger partial charge >= 0.3 is 0 Å². The lowest BCUT2D eigenvalue weighted by Crippen LogP contribution is -2.22. The van der Waals surface area contributed by atoms with E-state index in [1.54, 1.807) is 16.8 Å². The van der Waals surface area contributed by atoms with E-state index in [9.17, 15) is 4.79 Å². The molecule has 0 saturated carbocycles. The molecule has 0 saturated heterocycles. The topological polar surface area (TPSA) is 34.9 Å². The molecule has 3 nitrogen and oxygen atoms in total. The van der Waals surface area contributed by atoms with Gasteiger partial charge in [-0.15, -0.1) is 0 Å². The molecule has 2 heterocycles. The van der Waals surface area contributed by atoms with Crippen molar-refractivity contribution in [3.8, 4) is 11.3 Å². The molecule has 0 aliphatic carbocycles. The van der Waals surface area contributed by atoms with E-state index in [2.05, 4.69) is 4.98 Å². The molecule has 0 radical (unpaired) electrons. The Morgan fingerprint density at radius 1 is 1.00 bits per heavy atom. The van der Waals surface area contributed by atoms with Crippen LogP contribution < -0.4 is 5.56 Å². The Labute approximate surface area is 123 Å². The molecule has 0 bridgehead atoms. The number of pyridine rings is 2. The van der Waals surface area contributed by atoms with Crippen LogP contribution in [0.25, 0.3) is 11.3 Å². The highest BCUT2D eigenvalue weighted by atomic mass is 16.1. The van der Waals surface area contributed by atoms with Crippen molar-refractivity contribution >= 4 is 0 Å². The number of nitrogens with zero attached hydrogens (tertiary/aromatic N) is 2. The summed E-state index contributed by atoms with van der Waals surface area (Å²) in [6, 6.07) is 19.4. The van der Waals surface area contributed by atoms with Crippen LogP contribution in [0.15, 0.2) is 71.7 Å². The van der Waals surface area contributed by atoms with Crippen molar-refractivity contribution in [2.75, 3.05) is 0 Å². The normalized spacial score (nSPS) is 10.5. The minimum Gasteiger partial charge on any atom is -0.308 e. The van der Waals surface area contributed by atoms with Gasteiger partial charge in [-0.3, -0.25) is 9.78 Å². The third kappa shape index (κ3) is 2.92. The number of rotatable bonds is 3. The highest BCUT2D eigenvalue weighted by Crippen LogP contribution is 2.16. The highest BCUT2D eigenvalue weighted by molar-refractivity contribution is 5.58. The molecule has 0 aliphatic rings. The van der Waals surface area contributed by atoms with Crippen molar-refractivity contribution in [2.24, 2.45) is 0 Å². The summed E-state index contributed by atoms with van der Waals surface area (Å²) in [7, 11) is 0. The second-order valence-corrected chi connectivity index (χ2v) is 5.01. The first-order chi connectivity index (χ1) is 10.2. The quantitative estimate of drug-likeness (QED) is 0.736. The average molecular weight is 276 g/mol. The first-order valence-corrected chi connectivity index (χ1v) is 6.91. The molecule has 3 aromatic rings. The summed E-state index contributed by atoms with van der Waals surface area (Å²) in [6.07, 6.45) is 1.74. The molecule has 0 fully saturated rings. The molecule has 0 atom stereocenters. The number of aromatic nitrogens is 2. The van der Waals surface area contributed by atoms with E-state index in [0.29, 0.717) is 6.54 Å². The average Bonchev–Trinajstić information content (AvgIpc) is 2.52. The van der Waals surface area contributed by atoms with Gasteiger partial charge in [0.2, 0.25) is 0 Å². The Morgan fingerprint density at radius 3 is 2.43 bits per heavy atom. The zero-order valence-corrected chi connectivity index (χ0v) is 11.9. The molecular weight excluding hydrogens is 260 g/mol. The van der Waals surface area contributed by atoms with Gasteiger partial charge in [-0.25, -0.2) is 0 Å². The minimum atomic E-state index is -0.000457. The maximum atomic E-state index is 12.4. The van der Waals surface area contributed by atoms with E-state index in [4.69, 9.17) is 0 Å². The second kappa shape index (κ2) is 5.75. The fraction of sp³-hybridized carbons (Fsp3) is 0.111. The van der Waals surface area contributed by atoms with Gasteiger partial charge in [-0.1, -0.05) is 36.4 Å². The summed E-state index contributed by atoms with van der Waals surface area (Å²) in [6.45, 7) is 2.55. The number of benzene rings is 1. The predicted molar refractivity (Wildman–Crippen MR) is 84.2 cm³/mol. The van der Waals surface area contributed by atoms with Gasteiger partial charge in [0.05, 0.1) is 12.2 Å². The molecule has 0 amide bonds. The summed E-state index contributed by atoms with van der Waals surface area (Å²) >= 11 is 0. The van der Waals surface area contributed by atoms with Crippen LogP contribution in [0.4, 0.5) is 0 Å². The summed E-state index contributed by atoms with van der Waals surface area (Å²) < 4.78 is 1.78. The lowest BCUT2D eigenvalue weighted by molar-refractivity contribution is 0.730. The molecule has 3 heteroatoms. The summed E-state index contributed by atoms with van der Waals surface area (Å²) in [4.78, 5) is 16.7. The third-order valence-corrected chi connectivity index (χ3v) is 3.48. The van der Waals surface area contributed by atoms with Crippen LogP contribution in [0.1, 0.15) is 11.3 Å². The Balaban J connectivity index is 1.99. The van der Waals surface area contributed by atoms with E-state index in [1.807, 2.05) is 61.5 Å². The maximum Gasteiger partial charge on any atom is 0.251 e. The zero-order valence-electron chi connectivity index (χ0n) is 11.9. The van der Waals surface area contributed by atoms with Crippen LogP contribution in [0.5, 0.6) is 0 Å². The van der Waals surface area contributed by atoms with E-state index >= 15 is 0 Å². The van der Waals surface area contributed by atoms with Crippen LogP contribution in [-0.2, 0) is 6.54 Å². The van der Waals surface area contributed by atoms with E-state index in [0.717, 1.165) is 22.5 Å². The van der Waals surface area contributed by atoms with Gasteiger partial charge in [0.25, 0.3) is 5.56 Å². The zero-order chi connectivity index (χ0) is 14.7. The van der Waals surface area contributed by atoms with Crippen molar-refractivity contribution in [1.29, 1.82) is 0 Å². The number of hydrogen-bond donors (Lipinski definition) is 0. The summed E-state index contributed by atoms with van der Waals surface area (Å²) in [5.74, 6) is 0. The van der Waals surface area contributed by atoms with Gasteiger partial charge in [-0.05, 0) is 30.7 Å². The minimum absolute atomic E-state index is 0.000457. The monoisotopic (exact) mass is 276 g/mol. The van der Waals surface area contributed by atoms with E-state index in [1.165, 1.54) is 0 Å². The van der Waals surface area contributed by atoms with Gasteiger partial charge in [0, 0.05) is 23.5 Å². The fourth-order valence-electron chi connectivity index (χ4n) is 2.38. The van der Waals surface area contributed by atoms with Crippen molar-refractivity contribution in [3.63, 3.8) is 0 Å². The number of hydrogen-bond acceptors (Lipinski definition) is 2. The summed E-state index contributed by atoms with van der Waals surface area (Å²) in [5.41, 5.74) is 3.74. The van der Waals surface area contributed by atoms with Crippen molar-refractivity contribution in [2.45, 2.75) is 13.5 Å². The predicted octanol–water partition coefficient (Wildman–Crippen LogP) is 3.27. The standard InChI is InChI=1S/C18H16N2O/c1-14-11-16(17-9-5-6-10-19-17)12-18(21)20(14)13-15-7-3-2-4-8-15/h2-12H,13H2,1H3. The van der Waals surface area contributed by atoms with Crippen LogP contribution in [-0.4, -0.2) is 9.55 Å². The Hall–Kier alpha value is -2.68. The lowest BCUT2D eigenvalue weighted by Gasteiger charge is -2.11. The first-order valence-electron chi connectivity index (χ1n) is 6.91. The van der Waals surface area contributed by atoms with Crippen molar-refractivity contribution < 1.29 is 0 Å². The molecular formula is C18H16N2O. The molecule has 1 aromatic carbocycles. The molecule has 3 rings (SSSR count). The van der Waals surface area contributed by atoms with Gasteiger partial charge < -0.3 is 4.57 Å². The molecule has 0 aliphatic heterocycles. The smallest absolute Gasteiger partial charge is 0.251 e. The molecule has 0 spiro atoms. The van der Waals surface area contributed by atoms with Crippen molar-refractivity contribution in [3.05, 3.63) is 88.5 Å². The van der Waals surface area contributed by atoms with Gasteiger partial charge in [0.1, 0.15) is 0 Å². The largest absolute Gasteiger partial charge is 0.308 e. The molecule has 21 heavy (non-hydrogen) atoms. The number of aryl methyl sites for hydroxylation is 1. The Morgan fingerprint density at radius 2 is 1.76 bits per heavy atom. The van der Waals surface area contributed by atoms with Gasteiger partial charge in [-0.2, -0.15) is 0 Å². The third-order valence-electron chi connectivity index (χ3n) is 3.48. The molecule has 0 N–H and O–H groups in total. The lowest BCUT2D eigenvalue weighted by atomic mass is 10.1. The highest BCUT2D eigenvalue weighted by Gasteiger charge is 2.06. The Kier molecular flexibility index (Phi) is 3.65. The summed E-state index contributed by atoms with van der Waals surface area (Å²) in [5, 5.41) is 0. The first kappa shape index (κ1) is 13.3. The van der Waals surface area contributed by atoms with Crippen LogP contribution in [0.3, 0.4) is 0 Å². The van der Waals surface area contributed by atoms with Crippen molar-refractivity contribution in [1.82, 2.24) is 9.55 Å². The van der Waals surface area contributed by atoms with Crippen LogP contribution >= 0.6 is 0 Å². The van der Waals surface area contributed by atoms with E-state index < -0.39 is 0 Å². The van der Waals surface area contributed by atoms with E-state index in [-0.39, 0.29) is 5.56 Å². The SMILES string of the molecule is Cc1cc(-c2ccccn2)cc(=O)n1Cc1ccccc1. The molecule has 104 valence electrons. The Bertz CT molecular complexity index is 792. The maximum absolute atomic E-state index is 12.4.